The van der Waals surface area contributed by atoms with Gasteiger partial charge >= 0.3 is 0 Å². The van der Waals surface area contributed by atoms with E-state index in [9.17, 15) is 9.18 Å². The van der Waals surface area contributed by atoms with E-state index < -0.39 is 12.5 Å². The summed E-state index contributed by atoms with van der Waals surface area (Å²) in [6.45, 7) is -0.782. The summed E-state index contributed by atoms with van der Waals surface area (Å²) < 4.78 is 22.1. The molecule has 2 radical (unpaired) electrons. The molecule has 0 N–H and O–H groups in total. The average molecular weight is 234 g/mol. The lowest BCUT2D eigenvalue weighted by Crippen LogP contribution is -2.06. The maximum absolute atomic E-state index is 12.1. The van der Waals surface area contributed by atoms with E-state index in [1.54, 1.807) is 12.1 Å². The first-order valence-corrected chi connectivity index (χ1v) is 4.92. The molecule has 88 valence electrons. The monoisotopic (exact) mass is 234 g/mol. The van der Waals surface area contributed by atoms with Crippen molar-refractivity contribution in [2.75, 3.05) is 20.9 Å². The highest BCUT2D eigenvalue weighted by atomic mass is 19.1. The number of rotatable bonds is 5. The molecule has 0 saturated heterocycles. The molecule has 0 unspecified atom stereocenters. The van der Waals surface area contributed by atoms with Gasteiger partial charge in [-0.2, -0.15) is 0 Å². The van der Waals surface area contributed by atoms with Gasteiger partial charge in [-0.25, -0.2) is 4.39 Å². The zero-order valence-corrected chi connectivity index (χ0v) is 9.70. The van der Waals surface area contributed by atoms with E-state index in [0.29, 0.717) is 11.5 Å². The van der Waals surface area contributed by atoms with Gasteiger partial charge in [0.25, 0.3) is 0 Å². The van der Waals surface area contributed by atoms with Crippen molar-refractivity contribution in [3.8, 4) is 11.5 Å². The molecule has 0 fully saturated rings. The molecule has 17 heavy (non-hydrogen) atoms. The van der Waals surface area contributed by atoms with Gasteiger partial charge in [-0.1, -0.05) is 11.5 Å². The smallest absolute Gasteiger partial charge is 0.182 e. The quantitative estimate of drug-likeness (QED) is 0.443. The van der Waals surface area contributed by atoms with Crippen LogP contribution in [0.15, 0.2) is 29.7 Å². The first-order chi connectivity index (χ1) is 8.13. The SMILES string of the molecule is [B]/C(=C\CF)C(=O)c1ccc(OC)cc1OC. The van der Waals surface area contributed by atoms with Gasteiger partial charge in [0.15, 0.2) is 5.78 Å². The Balaban J connectivity index is 3.13. The normalized spacial score (nSPS) is 11.1. The number of ketones is 1. The van der Waals surface area contributed by atoms with Crippen LogP contribution in [-0.2, 0) is 0 Å². The second-order valence-electron chi connectivity index (χ2n) is 3.21. The van der Waals surface area contributed by atoms with Gasteiger partial charge in [-0.3, -0.25) is 4.79 Å². The summed E-state index contributed by atoms with van der Waals surface area (Å²) in [4.78, 5) is 11.8. The summed E-state index contributed by atoms with van der Waals surface area (Å²) in [5, 5.41) is 0. The molecule has 0 aliphatic heterocycles. The summed E-state index contributed by atoms with van der Waals surface area (Å²) in [6, 6.07) is 4.70. The lowest BCUT2D eigenvalue weighted by atomic mass is 9.87. The molecule has 0 spiro atoms. The summed E-state index contributed by atoms with van der Waals surface area (Å²) in [5.41, 5.74) is 0.131. The number of carbonyl (C=O) groups excluding carboxylic acids is 1. The van der Waals surface area contributed by atoms with Crippen LogP contribution in [0.3, 0.4) is 0 Å². The lowest BCUT2D eigenvalue weighted by molar-refractivity contribution is 0.103. The minimum atomic E-state index is -0.782. The van der Waals surface area contributed by atoms with E-state index in [4.69, 9.17) is 17.3 Å². The first kappa shape index (κ1) is 13.3. The van der Waals surface area contributed by atoms with Gasteiger partial charge in [-0.15, -0.1) is 0 Å². The van der Waals surface area contributed by atoms with Crippen LogP contribution >= 0.6 is 0 Å². The predicted molar refractivity (Wildman–Crippen MR) is 63.7 cm³/mol. The molecule has 0 aliphatic carbocycles. The van der Waals surface area contributed by atoms with Crippen molar-refractivity contribution >= 4 is 13.6 Å². The number of allylic oxidation sites excluding steroid dienone is 2. The Labute approximate surface area is 101 Å². The fraction of sp³-hybridized carbons (Fsp3) is 0.250. The van der Waals surface area contributed by atoms with Crippen LogP contribution in [-0.4, -0.2) is 34.5 Å². The molecule has 0 aliphatic rings. The van der Waals surface area contributed by atoms with Crippen molar-refractivity contribution in [2.45, 2.75) is 0 Å². The molecule has 0 atom stereocenters. The van der Waals surface area contributed by atoms with Crippen LogP contribution in [0.5, 0.6) is 11.5 Å². The third-order valence-corrected chi connectivity index (χ3v) is 2.21. The maximum atomic E-state index is 12.1. The minimum absolute atomic E-state index is 0.143. The van der Waals surface area contributed by atoms with E-state index in [1.165, 1.54) is 20.3 Å². The second-order valence-corrected chi connectivity index (χ2v) is 3.21. The van der Waals surface area contributed by atoms with Crippen LogP contribution in [0.1, 0.15) is 10.4 Å². The van der Waals surface area contributed by atoms with Gasteiger partial charge in [0.2, 0.25) is 0 Å². The lowest BCUT2D eigenvalue weighted by Gasteiger charge is -2.09. The molecule has 1 aromatic carbocycles. The van der Waals surface area contributed by atoms with Gasteiger partial charge in [0.1, 0.15) is 26.0 Å². The Morgan fingerprint density at radius 3 is 2.65 bits per heavy atom. The molecule has 5 heteroatoms. The molecule has 3 nitrogen and oxygen atoms in total. The number of halogens is 1. The van der Waals surface area contributed by atoms with Crippen molar-refractivity contribution in [2.24, 2.45) is 0 Å². The fourth-order valence-corrected chi connectivity index (χ4v) is 1.32. The molecule has 1 aromatic rings. The highest BCUT2D eigenvalue weighted by Crippen LogP contribution is 2.26. The summed E-state index contributed by atoms with van der Waals surface area (Å²) >= 11 is 0. The topological polar surface area (TPSA) is 35.5 Å². The molecular formula is C12H12BFO3. The van der Waals surface area contributed by atoms with Crippen molar-refractivity contribution in [3.05, 3.63) is 35.3 Å². The molecule has 0 aromatic heterocycles. The van der Waals surface area contributed by atoms with E-state index in [2.05, 4.69) is 0 Å². The third kappa shape index (κ3) is 3.09. The Hall–Kier alpha value is -1.78. The Kier molecular flexibility index (Phi) is 4.76. The van der Waals surface area contributed by atoms with Crippen molar-refractivity contribution in [1.29, 1.82) is 0 Å². The summed E-state index contributed by atoms with van der Waals surface area (Å²) in [6.07, 6.45) is 1.02. The second kappa shape index (κ2) is 6.08. The molecule has 1 rings (SSSR count). The third-order valence-electron chi connectivity index (χ3n) is 2.21. The van der Waals surface area contributed by atoms with Crippen LogP contribution in [0.4, 0.5) is 4.39 Å². The number of benzene rings is 1. The molecular weight excluding hydrogens is 222 g/mol. The van der Waals surface area contributed by atoms with E-state index in [1.807, 2.05) is 0 Å². The number of methoxy groups -OCH3 is 2. The number of alkyl halides is 1. The van der Waals surface area contributed by atoms with Crippen molar-refractivity contribution in [3.63, 3.8) is 0 Å². The van der Waals surface area contributed by atoms with Crippen LogP contribution < -0.4 is 9.47 Å². The highest BCUT2D eigenvalue weighted by Gasteiger charge is 2.14. The number of hydrogen-bond donors (Lipinski definition) is 0. The highest BCUT2D eigenvalue weighted by molar-refractivity contribution is 6.40. The molecule has 0 heterocycles. The number of carbonyl (C=O) groups is 1. The Morgan fingerprint density at radius 2 is 2.12 bits per heavy atom. The number of Topliss-reactive ketones (excluding diaryl/α,β-unsaturated/α-hetero) is 1. The standard InChI is InChI=1S/C12H12BFO3/c1-16-8-3-4-9(11(7-8)17-2)12(15)10(13)5-6-14/h3-5,7H,6H2,1-2H3/b10-5-. The first-order valence-electron chi connectivity index (χ1n) is 4.92. The Bertz CT molecular complexity index is 443. The predicted octanol–water partition coefficient (Wildman–Crippen LogP) is 1.91. The number of hydrogen-bond acceptors (Lipinski definition) is 3. The van der Waals surface area contributed by atoms with Crippen LogP contribution in [0.25, 0.3) is 0 Å². The van der Waals surface area contributed by atoms with Gasteiger partial charge in [0, 0.05) is 6.07 Å². The van der Waals surface area contributed by atoms with Gasteiger partial charge in [0.05, 0.1) is 19.8 Å². The van der Waals surface area contributed by atoms with E-state index in [0.717, 1.165) is 6.08 Å². The summed E-state index contributed by atoms with van der Waals surface area (Å²) in [7, 11) is 8.38. The summed E-state index contributed by atoms with van der Waals surface area (Å²) in [5.74, 6) is 0.429. The zero-order valence-electron chi connectivity index (χ0n) is 9.70. The number of ether oxygens (including phenoxy) is 2. The van der Waals surface area contributed by atoms with Crippen LogP contribution in [0.2, 0.25) is 0 Å². The minimum Gasteiger partial charge on any atom is -0.497 e. The fourth-order valence-electron chi connectivity index (χ4n) is 1.32. The van der Waals surface area contributed by atoms with Gasteiger partial charge < -0.3 is 9.47 Å². The molecule has 0 bridgehead atoms. The van der Waals surface area contributed by atoms with Crippen LogP contribution in [0, 0.1) is 0 Å². The zero-order chi connectivity index (χ0) is 12.8. The Morgan fingerprint density at radius 1 is 1.41 bits per heavy atom. The largest absolute Gasteiger partial charge is 0.497 e. The molecule has 0 amide bonds. The van der Waals surface area contributed by atoms with Crippen molar-refractivity contribution in [1.82, 2.24) is 0 Å². The maximum Gasteiger partial charge on any atom is 0.182 e. The molecule has 0 saturated carbocycles. The van der Waals surface area contributed by atoms with Gasteiger partial charge in [-0.05, 0) is 12.1 Å². The van der Waals surface area contributed by atoms with E-state index in [-0.39, 0.29) is 11.0 Å². The van der Waals surface area contributed by atoms with Crippen molar-refractivity contribution < 1.29 is 18.7 Å². The van der Waals surface area contributed by atoms with E-state index >= 15 is 0 Å². The average Bonchev–Trinajstić information content (AvgIpc) is 2.37.